The van der Waals surface area contributed by atoms with Crippen LogP contribution in [0.3, 0.4) is 0 Å². The van der Waals surface area contributed by atoms with E-state index >= 15 is 0 Å². The summed E-state index contributed by atoms with van der Waals surface area (Å²) >= 11 is 0. The number of aliphatic hydroxyl groups excluding tert-OH is 2. The Kier molecular flexibility index (Phi) is 7.91. The predicted molar refractivity (Wildman–Crippen MR) is 147 cm³/mol. The molecule has 6 heteroatoms. The first-order chi connectivity index (χ1) is 18.0. The molecule has 4 aliphatic rings. The van der Waals surface area contributed by atoms with Crippen molar-refractivity contribution in [3.63, 3.8) is 0 Å². The lowest BCUT2D eigenvalue weighted by Gasteiger charge is -2.48. The number of ether oxygens (including phenoxy) is 1. The summed E-state index contributed by atoms with van der Waals surface area (Å²) in [5, 5.41) is 34.1. The van der Waals surface area contributed by atoms with Gasteiger partial charge in [0.2, 0.25) is 0 Å². The van der Waals surface area contributed by atoms with E-state index in [0.29, 0.717) is 17.9 Å². The molecule has 0 unspecified atom stereocenters. The van der Waals surface area contributed by atoms with Crippen LogP contribution in [0.1, 0.15) is 53.9 Å². The minimum atomic E-state index is -2.12. The Morgan fingerprint density at radius 1 is 1.16 bits per heavy atom. The van der Waals surface area contributed by atoms with E-state index in [1.54, 1.807) is 37.3 Å². The number of Topliss-reactive ketones (excluding diaryl/α,β-unsaturated/α-hetero) is 1. The summed E-state index contributed by atoms with van der Waals surface area (Å²) in [5.74, 6) is -1.30. The van der Waals surface area contributed by atoms with Crippen LogP contribution < -0.4 is 0 Å². The second kappa shape index (κ2) is 10.6. The molecule has 6 nitrogen and oxygen atoms in total. The van der Waals surface area contributed by atoms with Gasteiger partial charge in [-0.1, -0.05) is 88.8 Å². The first-order valence-corrected chi connectivity index (χ1v) is 13.8. The van der Waals surface area contributed by atoms with Gasteiger partial charge in [0.15, 0.2) is 17.5 Å². The van der Waals surface area contributed by atoms with Crippen molar-refractivity contribution in [1.29, 1.82) is 0 Å². The molecule has 0 amide bonds. The summed E-state index contributed by atoms with van der Waals surface area (Å²) in [6.45, 7) is 9.59. The highest BCUT2D eigenvalue weighted by molar-refractivity contribution is 5.95. The van der Waals surface area contributed by atoms with Crippen LogP contribution in [-0.4, -0.2) is 51.5 Å². The number of rotatable bonds is 8. The fourth-order valence-corrected chi connectivity index (χ4v) is 7.48. The van der Waals surface area contributed by atoms with E-state index in [1.807, 2.05) is 25.2 Å². The molecule has 0 aromatic rings. The van der Waals surface area contributed by atoms with Gasteiger partial charge in [-0.15, -0.1) is 0 Å². The summed E-state index contributed by atoms with van der Waals surface area (Å²) < 4.78 is 5.76. The van der Waals surface area contributed by atoms with Crippen LogP contribution in [0.25, 0.3) is 0 Å². The van der Waals surface area contributed by atoms with E-state index in [0.717, 1.165) is 12.8 Å². The first-order valence-electron chi connectivity index (χ1n) is 13.8. The molecule has 2 bridgehead atoms. The lowest BCUT2D eigenvalue weighted by Crippen LogP contribution is -2.65. The smallest absolute Gasteiger partial charge is 0.331 e. The van der Waals surface area contributed by atoms with Crippen molar-refractivity contribution in [1.82, 2.24) is 0 Å². The number of carbonyl (C=O) groups is 2. The van der Waals surface area contributed by atoms with Gasteiger partial charge in [-0.2, -0.15) is 0 Å². The monoisotopic (exact) mass is 522 g/mol. The third-order valence-electron chi connectivity index (χ3n) is 9.51. The van der Waals surface area contributed by atoms with Crippen molar-refractivity contribution in [2.75, 3.05) is 6.61 Å². The molecule has 2 fully saturated rings. The summed E-state index contributed by atoms with van der Waals surface area (Å²) in [6.07, 6.45) is 17.5. The van der Waals surface area contributed by atoms with E-state index in [4.69, 9.17) is 4.74 Å². The number of esters is 1. The van der Waals surface area contributed by atoms with Gasteiger partial charge in [0.25, 0.3) is 0 Å². The molecule has 2 saturated carbocycles. The van der Waals surface area contributed by atoms with Crippen LogP contribution in [0, 0.1) is 34.5 Å². The lowest BCUT2D eigenvalue weighted by atomic mass is 9.59. The van der Waals surface area contributed by atoms with Crippen molar-refractivity contribution in [2.24, 2.45) is 34.5 Å². The third kappa shape index (κ3) is 4.31. The maximum atomic E-state index is 14.3. The molecular formula is C32H42O6. The largest absolute Gasteiger partial charge is 0.451 e. The molecule has 4 rings (SSSR count). The summed E-state index contributed by atoms with van der Waals surface area (Å²) in [7, 11) is 0. The van der Waals surface area contributed by atoms with Gasteiger partial charge in [-0.05, 0) is 54.1 Å². The molecule has 0 heterocycles. The Morgan fingerprint density at radius 2 is 1.82 bits per heavy atom. The van der Waals surface area contributed by atoms with E-state index in [9.17, 15) is 24.9 Å². The standard InChI is InChI=1S/C32H42O6/c1-6-7-8-9-10-11-12-13-14-15-25(34)38-29-20(2)18-31-21(3)16-24-26(30(24,4)5)23(28(31)36)17-22(19-33)27(35)32(29,31)37/h8-15,17-18,21,23-24,26-27,29,33,35,37H,6-7,16,19H2,1-5H3/b9-8+,11-10-,13-12-,15-14+/t21-,23+,24+,26-,27-,29+,31+,32+/m1/s1. The fraction of sp³-hybridized carbons (Fsp3) is 0.562. The molecule has 0 radical (unpaired) electrons. The number of carbonyl (C=O) groups excluding carboxylic acids is 2. The minimum Gasteiger partial charge on any atom is -0.451 e. The molecule has 0 aromatic carbocycles. The number of unbranched alkanes of at least 4 members (excludes halogenated alkanes) is 1. The molecule has 206 valence electrons. The second-order valence-electron chi connectivity index (χ2n) is 12.0. The van der Waals surface area contributed by atoms with Gasteiger partial charge < -0.3 is 20.1 Å². The van der Waals surface area contributed by atoms with E-state index in [1.165, 1.54) is 6.08 Å². The first kappa shape index (κ1) is 28.5. The third-order valence-corrected chi connectivity index (χ3v) is 9.51. The molecule has 0 saturated heterocycles. The number of ketones is 1. The van der Waals surface area contributed by atoms with Gasteiger partial charge in [0.05, 0.1) is 12.0 Å². The molecular weight excluding hydrogens is 480 g/mol. The minimum absolute atomic E-state index is 0.0385. The van der Waals surface area contributed by atoms with Crippen molar-refractivity contribution in [3.05, 3.63) is 71.9 Å². The molecule has 38 heavy (non-hydrogen) atoms. The molecule has 3 N–H and O–H groups in total. The number of fused-ring (bicyclic) bond motifs is 3. The van der Waals surface area contributed by atoms with E-state index in [2.05, 4.69) is 26.8 Å². The number of allylic oxidation sites excluding steroid dienone is 8. The van der Waals surface area contributed by atoms with Crippen LogP contribution in [0.5, 0.6) is 0 Å². The normalized spacial score (nSPS) is 39.7. The van der Waals surface area contributed by atoms with Crippen molar-refractivity contribution < 1.29 is 29.6 Å². The molecule has 0 aliphatic heterocycles. The number of hydrogen-bond donors (Lipinski definition) is 3. The van der Waals surface area contributed by atoms with Crippen LogP contribution in [0.15, 0.2) is 71.9 Å². The van der Waals surface area contributed by atoms with Gasteiger partial charge in [-0.3, -0.25) is 4.79 Å². The lowest BCUT2D eigenvalue weighted by molar-refractivity contribution is -0.201. The molecule has 8 atom stereocenters. The Morgan fingerprint density at radius 3 is 2.47 bits per heavy atom. The fourth-order valence-electron chi connectivity index (χ4n) is 7.48. The molecule has 4 aliphatic carbocycles. The van der Waals surface area contributed by atoms with Gasteiger partial charge in [0.1, 0.15) is 6.10 Å². The van der Waals surface area contributed by atoms with Gasteiger partial charge in [0, 0.05) is 12.0 Å². The average Bonchev–Trinajstić information content (AvgIpc) is 3.36. The molecule has 1 spiro atoms. The van der Waals surface area contributed by atoms with Crippen molar-refractivity contribution in [3.8, 4) is 0 Å². The Bertz CT molecular complexity index is 1140. The highest BCUT2D eigenvalue weighted by Gasteiger charge is 2.76. The summed E-state index contributed by atoms with van der Waals surface area (Å²) in [6, 6.07) is 0. The van der Waals surface area contributed by atoms with E-state index < -0.39 is 41.7 Å². The highest BCUT2D eigenvalue weighted by Crippen LogP contribution is 2.71. The molecule has 0 aromatic heterocycles. The van der Waals surface area contributed by atoms with Crippen LogP contribution >= 0.6 is 0 Å². The average molecular weight is 523 g/mol. The maximum Gasteiger partial charge on any atom is 0.331 e. The number of hydrogen-bond acceptors (Lipinski definition) is 6. The maximum absolute atomic E-state index is 14.3. The van der Waals surface area contributed by atoms with Gasteiger partial charge >= 0.3 is 5.97 Å². The summed E-state index contributed by atoms with van der Waals surface area (Å²) in [4.78, 5) is 27.1. The quantitative estimate of drug-likeness (QED) is 0.189. The highest BCUT2D eigenvalue weighted by atomic mass is 16.6. The Hall–Kier alpha value is -2.54. The van der Waals surface area contributed by atoms with Crippen LogP contribution in [-0.2, 0) is 14.3 Å². The van der Waals surface area contributed by atoms with Crippen LogP contribution in [0.2, 0.25) is 0 Å². The Labute approximate surface area is 226 Å². The van der Waals surface area contributed by atoms with Crippen molar-refractivity contribution >= 4 is 11.8 Å². The van der Waals surface area contributed by atoms with E-state index in [-0.39, 0.29) is 28.6 Å². The van der Waals surface area contributed by atoms with Crippen LogP contribution in [0.4, 0.5) is 0 Å². The Balaban J connectivity index is 1.61. The van der Waals surface area contributed by atoms with Gasteiger partial charge in [-0.25, -0.2) is 4.79 Å². The topological polar surface area (TPSA) is 104 Å². The summed E-state index contributed by atoms with van der Waals surface area (Å²) in [5.41, 5.74) is -2.86. The predicted octanol–water partition coefficient (Wildman–Crippen LogP) is 4.39. The number of aliphatic hydroxyl groups is 3. The zero-order chi connectivity index (χ0) is 27.9. The van der Waals surface area contributed by atoms with Crippen molar-refractivity contribution in [2.45, 2.75) is 71.7 Å². The second-order valence-corrected chi connectivity index (χ2v) is 12.0. The zero-order valence-electron chi connectivity index (χ0n) is 23.1. The SMILES string of the molecule is CCC/C=C/C=C\C=C/C=C/C(=O)O[C@H]1C(C)=C[C@]23C(=O)[C@@H](C=C(CO)[C@@H](O)[C@]12O)[C@@H]1[C@H](C[C@H]3C)C1(C)C. The zero-order valence-corrected chi connectivity index (χ0v) is 23.1.